The number of rotatable bonds is 1. The minimum absolute atomic E-state index is 0.0818. The van der Waals surface area contributed by atoms with Gasteiger partial charge in [-0.1, -0.05) is 11.6 Å². The average molecular weight is 378 g/mol. The molecule has 0 aliphatic carbocycles. The molecule has 1 amide bonds. The van der Waals surface area contributed by atoms with Crippen molar-refractivity contribution in [3.63, 3.8) is 0 Å². The van der Waals surface area contributed by atoms with Crippen molar-refractivity contribution in [2.75, 3.05) is 19.7 Å². The standard InChI is InChI=1S/C20H24ClNO4/c1-12-10-16-17(13(2)18(12)21)14(23)11-20(26-16)5-7-22(8-6-20)19(24)15-4-3-9-25-15/h10,15H,3-9,11H2,1-2H3. The van der Waals surface area contributed by atoms with E-state index in [1.54, 1.807) is 0 Å². The maximum atomic E-state index is 12.8. The second kappa shape index (κ2) is 6.54. The molecule has 1 aromatic carbocycles. The minimum atomic E-state index is -0.510. The average Bonchev–Trinajstić information content (AvgIpc) is 3.14. The Labute approximate surface area is 158 Å². The third-order valence-electron chi connectivity index (χ3n) is 5.92. The highest BCUT2D eigenvalue weighted by Crippen LogP contribution is 2.43. The van der Waals surface area contributed by atoms with Crippen LogP contribution in [0.2, 0.25) is 5.02 Å². The number of hydrogen-bond donors (Lipinski definition) is 0. The fourth-order valence-electron chi connectivity index (χ4n) is 4.39. The van der Waals surface area contributed by atoms with Crippen molar-refractivity contribution in [2.45, 2.75) is 57.7 Å². The Morgan fingerprint density at radius 3 is 2.69 bits per heavy atom. The molecule has 1 spiro atoms. The van der Waals surface area contributed by atoms with Crippen LogP contribution >= 0.6 is 11.6 Å². The first kappa shape index (κ1) is 17.8. The molecule has 3 heterocycles. The summed E-state index contributed by atoms with van der Waals surface area (Å²) in [6.45, 7) is 5.67. The maximum absolute atomic E-state index is 12.8. The molecule has 0 saturated carbocycles. The number of benzene rings is 1. The number of amides is 1. The van der Waals surface area contributed by atoms with Crippen molar-refractivity contribution in [3.05, 3.63) is 27.8 Å². The zero-order chi connectivity index (χ0) is 18.5. The summed E-state index contributed by atoms with van der Waals surface area (Å²) in [6.07, 6.45) is 3.15. The third-order valence-corrected chi connectivity index (χ3v) is 6.51. The zero-order valence-corrected chi connectivity index (χ0v) is 16.0. The number of Topliss-reactive ketones (excluding diaryl/α,β-unsaturated/α-hetero) is 1. The van der Waals surface area contributed by atoms with E-state index in [4.69, 9.17) is 21.1 Å². The van der Waals surface area contributed by atoms with Crippen molar-refractivity contribution in [2.24, 2.45) is 0 Å². The minimum Gasteiger partial charge on any atom is -0.486 e. The van der Waals surface area contributed by atoms with Gasteiger partial charge in [0.25, 0.3) is 5.91 Å². The van der Waals surface area contributed by atoms with Crippen LogP contribution < -0.4 is 4.74 Å². The summed E-state index contributed by atoms with van der Waals surface area (Å²) >= 11 is 6.31. The fourth-order valence-corrected chi connectivity index (χ4v) is 4.54. The highest BCUT2D eigenvalue weighted by atomic mass is 35.5. The van der Waals surface area contributed by atoms with Crippen molar-refractivity contribution >= 4 is 23.3 Å². The van der Waals surface area contributed by atoms with Gasteiger partial charge in [0.2, 0.25) is 0 Å². The van der Waals surface area contributed by atoms with E-state index in [9.17, 15) is 9.59 Å². The summed E-state index contributed by atoms with van der Waals surface area (Å²) < 4.78 is 11.9. The number of piperidine rings is 1. The quantitative estimate of drug-likeness (QED) is 0.752. The van der Waals surface area contributed by atoms with Gasteiger partial charge < -0.3 is 14.4 Å². The molecule has 3 aliphatic rings. The van der Waals surface area contributed by atoms with Crippen LogP contribution in [0, 0.1) is 13.8 Å². The van der Waals surface area contributed by atoms with E-state index in [0.29, 0.717) is 55.3 Å². The number of nitrogens with zero attached hydrogens (tertiary/aromatic N) is 1. The number of likely N-dealkylation sites (tertiary alicyclic amines) is 1. The zero-order valence-electron chi connectivity index (χ0n) is 15.3. The molecule has 2 saturated heterocycles. The van der Waals surface area contributed by atoms with Crippen molar-refractivity contribution in [3.8, 4) is 5.75 Å². The van der Waals surface area contributed by atoms with Crippen LogP contribution in [-0.2, 0) is 9.53 Å². The van der Waals surface area contributed by atoms with Gasteiger partial charge in [-0.05, 0) is 43.9 Å². The Kier molecular flexibility index (Phi) is 4.48. The fraction of sp³-hybridized carbons (Fsp3) is 0.600. The van der Waals surface area contributed by atoms with Gasteiger partial charge in [-0.2, -0.15) is 0 Å². The number of hydrogen-bond acceptors (Lipinski definition) is 4. The van der Waals surface area contributed by atoms with E-state index in [2.05, 4.69) is 0 Å². The van der Waals surface area contributed by atoms with E-state index >= 15 is 0 Å². The predicted molar refractivity (Wildman–Crippen MR) is 98.0 cm³/mol. The number of ketones is 1. The summed E-state index contributed by atoms with van der Waals surface area (Å²) in [5.41, 5.74) is 1.82. The van der Waals surface area contributed by atoms with E-state index in [1.165, 1.54) is 0 Å². The molecular weight excluding hydrogens is 354 g/mol. The molecule has 0 bridgehead atoms. The van der Waals surface area contributed by atoms with Gasteiger partial charge in [-0.15, -0.1) is 0 Å². The number of ether oxygens (including phenoxy) is 2. The highest BCUT2D eigenvalue weighted by Gasteiger charge is 2.45. The number of carbonyl (C=O) groups is 2. The first-order chi connectivity index (χ1) is 12.4. The normalized spacial score (nSPS) is 24.5. The topological polar surface area (TPSA) is 55.8 Å². The lowest BCUT2D eigenvalue weighted by atomic mass is 9.81. The second-order valence-corrected chi connectivity index (χ2v) is 8.10. The van der Waals surface area contributed by atoms with E-state index in [0.717, 1.165) is 24.0 Å². The van der Waals surface area contributed by atoms with Gasteiger partial charge in [0.15, 0.2) is 5.78 Å². The lowest BCUT2D eigenvalue weighted by Gasteiger charge is -2.44. The lowest BCUT2D eigenvalue weighted by molar-refractivity contribution is -0.144. The number of aryl methyl sites for hydroxylation is 1. The molecule has 140 valence electrons. The van der Waals surface area contributed by atoms with Crippen molar-refractivity contribution < 1.29 is 19.1 Å². The molecule has 4 rings (SSSR count). The monoisotopic (exact) mass is 377 g/mol. The van der Waals surface area contributed by atoms with Gasteiger partial charge in [-0.25, -0.2) is 0 Å². The molecule has 26 heavy (non-hydrogen) atoms. The molecule has 1 aromatic rings. The van der Waals surface area contributed by atoms with Gasteiger partial charge in [-0.3, -0.25) is 9.59 Å². The SMILES string of the molecule is Cc1cc2c(c(C)c1Cl)C(=O)CC1(CCN(C(=O)C3CCCO3)CC1)O2. The van der Waals surface area contributed by atoms with Crippen molar-refractivity contribution in [1.82, 2.24) is 4.90 Å². The molecule has 1 unspecified atom stereocenters. The summed E-state index contributed by atoms with van der Waals surface area (Å²) in [7, 11) is 0. The maximum Gasteiger partial charge on any atom is 0.251 e. The molecule has 1 atom stereocenters. The molecule has 2 fully saturated rings. The van der Waals surface area contributed by atoms with Crippen LogP contribution in [0.15, 0.2) is 6.07 Å². The largest absolute Gasteiger partial charge is 0.486 e. The Bertz CT molecular complexity index is 762. The van der Waals surface area contributed by atoms with E-state index < -0.39 is 5.60 Å². The molecule has 0 radical (unpaired) electrons. The number of fused-ring (bicyclic) bond motifs is 1. The van der Waals surface area contributed by atoms with Crippen LogP contribution in [0.3, 0.4) is 0 Å². The summed E-state index contributed by atoms with van der Waals surface area (Å²) in [4.78, 5) is 27.2. The summed E-state index contributed by atoms with van der Waals surface area (Å²) in [5, 5.41) is 0.633. The van der Waals surface area contributed by atoms with E-state index in [1.807, 2.05) is 24.8 Å². The van der Waals surface area contributed by atoms with Gasteiger partial charge >= 0.3 is 0 Å². The molecule has 0 N–H and O–H groups in total. The molecule has 6 heteroatoms. The van der Waals surface area contributed by atoms with E-state index in [-0.39, 0.29) is 17.8 Å². The highest BCUT2D eigenvalue weighted by molar-refractivity contribution is 6.32. The number of carbonyl (C=O) groups excluding carboxylic acids is 2. The molecule has 0 aromatic heterocycles. The lowest BCUT2D eigenvalue weighted by Crippen LogP contribution is -2.53. The predicted octanol–water partition coefficient (Wildman–Crippen LogP) is 3.46. The Morgan fingerprint density at radius 2 is 2.04 bits per heavy atom. The van der Waals surface area contributed by atoms with Crippen LogP contribution in [0.4, 0.5) is 0 Å². The molecule has 3 aliphatic heterocycles. The summed E-state index contributed by atoms with van der Waals surface area (Å²) in [5.74, 6) is 0.808. The van der Waals surface area contributed by atoms with Crippen LogP contribution in [0.5, 0.6) is 5.75 Å². The first-order valence-electron chi connectivity index (χ1n) is 9.32. The Balaban J connectivity index is 1.51. The van der Waals surface area contributed by atoms with Crippen molar-refractivity contribution in [1.29, 1.82) is 0 Å². The Hall–Kier alpha value is -1.59. The number of halogens is 1. The van der Waals surface area contributed by atoms with Gasteiger partial charge in [0.05, 0.1) is 12.0 Å². The summed E-state index contributed by atoms with van der Waals surface area (Å²) in [6, 6.07) is 1.87. The first-order valence-corrected chi connectivity index (χ1v) is 9.70. The smallest absolute Gasteiger partial charge is 0.251 e. The molecular formula is C20H24ClNO4. The van der Waals surface area contributed by atoms with Gasteiger partial charge in [0, 0.05) is 37.6 Å². The van der Waals surface area contributed by atoms with Gasteiger partial charge in [0.1, 0.15) is 17.5 Å². The molecule has 5 nitrogen and oxygen atoms in total. The van der Waals surface area contributed by atoms with Crippen LogP contribution in [0.25, 0.3) is 0 Å². The Morgan fingerprint density at radius 1 is 1.31 bits per heavy atom. The van der Waals surface area contributed by atoms with Crippen LogP contribution in [-0.4, -0.2) is 48.0 Å². The van der Waals surface area contributed by atoms with Crippen LogP contribution in [0.1, 0.15) is 53.6 Å². The second-order valence-electron chi connectivity index (χ2n) is 7.72. The third kappa shape index (κ3) is 2.91.